The van der Waals surface area contributed by atoms with Gasteiger partial charge in [-0.1, -0.05) is 38.3 Å². The number of aryl methyl sites for hydroxylation is 1. The van der Waals surface area contributed by atoms with Crippen LogP contribution in [0.2, 0.25) is 0 Å². The first-order valence-corrected chi connectivity index (χ1v) is 11.8. The fraction of sp³-hybridized carbons (Fsp3) is 0.458. The van der Waals surface area contributed by atoms with Gasteiger partial charge in [0.15, 0.2) is 0 Å². The summed E-state index contributed by atoms with van der Waals surface area (Å²) in [7, 11) is 0. The molecule has 0 radical (unpaired) electrons. The van der Waals surface area contributed by atoms with Crippen LogP contribution in [0, 0.1) is 0 Å². The first-order valence-electron chi connectivity index (χ1n) is 10.8. The van der Waals surface area contributed by atoms with Crippen LogP contribution in [0.15, 0.2) is 41.4 Å². The molecule has 6 heteroatoms. The molecule has 1 aromatic heterocycles. The van der Waals surface area contributed by atoms with Gasteiger partial charge in [0.05, 0.1) is 5.56 Å². The number of nitrogens with zero attached hydrogens (tertiary/aromatic N) is 1. The standard InChI is InChI=1S/C24H30N2O3S/c1-2-17-30-24-21(23(28)25-19-8-4-3-5-9-19)14-15-22(26-24)29-20-12-10-18(11-13-20)7-6-16-27/h10-16,19H,2-9,17H2,1H3,(H,25,28). The van der Waals surface area contributed by atoms with Crippen molar-refractivity contribution in [1.29, 1.82) is 0 Å². The maximum absolute atomic E-state index is 12.9. The molecule has 0 unspecified atom stereocenters. The summed E-state index contributed by atoms with van der Waals surface area (Å²) < 4.78 is 5.92. The van der Waals surface area contributed by atoms with Crippen molar-refractivity contribution in [3.05, 3.63) is 47.5 Å². The van der Waals surface area contributed by atoms with E-state index in [0.717, 1.165) is 43.3 Å². The van der Waals surface area contributed by atoms with E-state index in [4.69, 9.17) is 4.74 Å². The number of hydrogen-bond donors (Lipinski definition) is 1. The van der Waals surface area contributed by atoms with Crippen LogP contribution in [0.3, 0.4) is 0 Å². The van der Waals surface area contributed by atoms with Crippen LogP contribution < -0.4 is 10.1 Å². The Kier molecular flexibility index (Phi) is 8.75. The molecule has 0 bridgehead atoms. The molecular formula is C24H30N2O3S. The number of pyridine rings is 1. The zero-order valence-electron chi connectivity index (χ0n) is 17.6. The van der Waals surface area contributed by atoms with Crippen LogP contribution in [-0.4, -0.2) is 29.0 Å². The fourth-order valence-corrected chi connectivity index (χ4v) is 4.41. The summed E-state index contributed by atoms with van der Waals surface area (Å²) in [6, 6.07) is 11.5. The van der Waals surface area contributed by atoms with Gasteiger partial charge in [-0.25, -0.2) is 4.98 Å². The Bertz CT molecular complexity index is 833. The third-order valence-corrected chi connectivity index (χ3v) is 6.36. The first-order chi connectivity index (χ1) is 14.7. The number of carbonyl (C=O) groups excluding carboxylic acids is 2. The summed E-state index contributed by atoms with van der Waals surface area (Å²) in [6.45, 7) is 2.11. The molecular weight excluding hydrogens is 396 g/mol. The molecule has 1 fully saturated rings. The summed E-state index contributed by atoms with van der Waals surface area (Å²) in [5.74, 6) is 2.01. The first kappa shape index (κ1) is 22.3. The second kappa shape index (κ2) is 11.7. The van der Waals surface area contributed by atoms with Crippen LogP contribution in [0.4, 0.5) is 0 Å². The summed E-state index contributed by atoms with van der Waals surface area (Å²) >= 11 is 1.59. The Hall–Kier alpha value is -2.34. The normalized spacial score (nSPS) is 14.3. The zero-order valence-corrected chi connectivity index (χ0v) is 18.4. The van der Waals surface area contributed by atoms with Gasteiger partial charge in [0.1, 0.15) is 17.1 Å². The molecule has 1 N–H and O–H groups in total. The Morgan fingerprint density at radius 2 is 1.93 bits per heavy atom. The van der Waals surface area contributed by atoms with Crippen molar-refractivity contribution in [3.8, 4) is 11.6 Å². The Morgan fingerprint density at radius 1 is 1.17 bits per heavy atom. The summed E-state index contributed by atoms with van der Waals surface area (Å²) in [5, 5.41) is 3.90. The number of hydrogen-bond acceptors (Lipinski definition) is 5. The van der Waals surface area contributed by atoms with Gasteiger partial charge in [-0.05, 0) is 55.2 Å². The van der Waals surface area contributed by atoms with Gasteiger partial charge in [0.25, 0.3) is 5.91 Å². The molecule has 2 aromatic rings. The molecule has 3 rings (SSSR count). The smallest absolute Gasteiger partial charge is 0.254 e. The van der Waals surface area contributed by atoms with Gasteiger partial charge in [0, 0.05) is 18.5 Å². The van der Waals surface area contributed by atoms with Gasteiger partial charge >= 0.3 is 0 Å². The van der Waals surface area contributed by atoms with E-state index in [9.17, 15) is 9.59 Å². The van der Waals surface area contributed by atoms with Gasteiger partial charge in [0.2, 0.25) is 5.88 Å². The predicted molar refractivity (Wildman–Crippen MR) is 120 cm³/mol. The average Bonchev–Trinajstić information content (AvgIpc) is 2.78. The number of aldehydes is 1. The molecule has 30 heavy (non-hydrogen) atoms. The molecule has 1 aliphatic rings. The van der Waals surface area contributed by atoms with Crippen molar-refractivity contribution < 1.29 is 14.3 Å². The van der Waals surface area contributed by atoms with Crippen molar-refractivity contribution in [2.45, 2.75) is 69.4 Å². The second-order valence-corrected chi connectivity index (χ2v) is 8.69. The number of thioether (sulfide) groups is 1. The molecule has 1 amide bonds. The highest BCUT2D eigenvalue weighted by Gasteiger charge is 2.20. The van der Waals surface area contributed by atoms with Crippen molar-refractivity contribution in [2.75, 3.05) is 5.75 Å². The number of aromatic nitrogens is 1. The Balaban J connectivity index is 1.71. The van der Waals surface area contributed by atoms with E-state index >= 15 is 0 Å². The van der Waals surface area contributed by atoms with Crippen molar-refractivity contribution in [1.82, 2.24) is 10.3 Å². The highest BCUT2D eigenvalue weighted by molar-refractivity contribution is 7.99. The minimum atomic E-state index is -0.0425. The van der Waals surface area contributed by atoms with E-state index in [2.05, 4.69) is 17.2 Å². The van der Waals surface area contributed by atoms with Gasteiger partial charge in [-0.15, -0.1) is 11.8 Å². The van der Waals surface area contributed by atoms with E-state index in [1.807, 2.05) is 30.3 Å². The molecule has 5 nitrogen and oxygen atoms in total. The molecule has 1 aromatic carbocycles. The molecule has 1 heterocycles. The zero-order chi connectivity index (χ0) is 21.2. The average molecular weight is 427 g/mol. The lowest BCUT2D eigenvalue weighted by Crippen LogP contribution is -2.36. The number of ether oxygens (including phenoxy) is 1. The summed E-state index contributed by atoms with van der Waals surface area (Å²) in [4.78, 5) is 28.0. The number of nitrogens with one attached hydrogen (secondary N) is 1. The van der Waals surface area contributed by atoms with E-state index in [0.29, 0.717) is 28.6 Å². The van der Waals surface area contributed by atoms with Crippen LogP contribution in [0.5, 0.6) is 11.6 Å². The van der Waals surface area contributed by atoms with Gasteiger partial charge in [-0.3, -0.25) is 4.79 Å². The third kappa shape index (κ3) is 6.59. The van der Waals surface area contributed by atoms with Crippen LogP contribution in [0.1, 0.15) is 67.8 Å². The number of rotatable bonds is 10. The van der Waals surface area contributed by atoms with Crippen molar-refractivity contribution in [3.63, 3.8) is 0 Å². The molecule has 0 atom stereocenters. The molecule has 0 aliphatic heterocycles. The maximum atomic E-state index is 12.9. The Labute approximate surface area is 183 Å². The monoisotopic (exact) mass is 426 g/mol. The molecule has 1 aliphatic carbocycles. The third-order valence-electron chi connectivity index (χ3n) is 5.16. The van der Waals surface area contributed by atoms with E-state index in [-0.39, 0.29) is 11.9 Å². The highest BCUT2D eigenvalue weighted by atomic mass is 32.2. The quantitative estimate of drug-likeness (QED) is 0.397. The minimum absolute atomic E-state index is 0.0425. The van der Waals surface area contributed by atoms with E-state index in [1.165, 1.54) is 19.3 Å². The maximum Gasteiger partial charge on any atom is 0.254 e. The Morgan fingerprint density at radius 3 is 2.63 bits per heavy atom. The van der Waals surface area contributed by atoms with Crippen molar-refractivity contribution in [2.24, 2.45) is 0 Å². The number of amides is 1. The topological polar surface area (TPSA) is 68.3 Å². The van der Waals surface area contributed by atoms with Crippen molar-refractivity contribution >= 4 is 24.0 Å². The molecule has 160 valence electrons. The lowest BCUT2D eigenvalue weighted by atomic mass is 9.95. The molecule has 1 saturated carbocycles. The fourth-order valence-electron chi connectivity index (χ4n) is 3.54. The number of benzene rings is 1. The van der Waals surface area contributed by atoms with E-state index < -0.39 is 0 Å². The largest absolute Gasteiger partial charge is 0.439 e. The predicted octanol–water partition coefficient (Wildman–Crippen LogP) is 5.57. The lowest BCUT2D eigenvalue weighted by Gasteiger charge is -2.23. The van der Waals surface area contributed by atoms with Crippen LogP contribution in [-0.2, 0) is 11.2 Å². The van der Waals surface area contributed by atoms with Crippen LogP contribution >= 0.6 is 11.8 Å². The molecule has 0 saturated heterocycles. The van der Waals surface area contributed by atoms with Gasteiger partial charge < -0.3 is 14.8 Å². The summed E-state index contributed by atoms with van der Waals surface area (Å²) in [5.41, 5.74) is 1.71. The highest BCUT2D eigenvalue weighted by Crippen LogP contribution is 2.28. The SMILES string of the molecule is CCCSc1nc(Oc2ccc(CCC=O)cc2)ccc1C(=O)NC1CCCCC1. The summed E-state index contributed by atoms with van der Waals surface area (Å²) in [6.07, 6.45) is 8.91. The minimum Gasteiger partial charge on any atom is -0.439 e. The van der Waals surface area contributed by atoms with E-state index in [1.54, 1.807) is 17.8 Å². The second-order valence-electron chi connectivity index (χ2n) is 7.61. The van der Waals surface area contributed by atoms with Gasteiger partial charge in [-0.2, -0.15) is 0 Å². The van der Waals surface area contributed by atoms with Crippen LogP contribution in [0.25, 0.3) is 0 Å². The molecule has 0 spiro atoms. The number of carbonyl (C=O) groups is 2. The lowest BCUT2D eigenvalue weighted by molar-refractivity contribution is -0.107.